The summed E-state index contributed by atoms with van der Waals surface area (Å²) in [5.41, 5.74) is 1.60. The van der Waals surface area contributed by atoms with Crippen molar-refractivity contribution in [2.75, 3.05) is 13.7 Å². The molecule has 6 nitrogen and oxygen atoms in total. The van der Waals surface area contributed by atoms with Crippen LogP contribution in [-0.4, -0.2) is 28.3 Å². The van der Waals surface area contributed by atoms with Crippen LogP contribution in [-0.2, 0) is 0 Å². The Bertz CT molecular complexity index is 1190. The monoisotopic (exact) mass is 393 g/mol. The summed E-state index contributed by atoms with van der Waals surface area (Å²) in [6, 6.07) is 15.1. The molecule has 142 valence electrons. The maximum Gasteiger partial charge on any atom is 0.291 e. The largest absolute Gasteiger partial charge is 0.497 e. The van der Waals surface area contributed by atoms with Gasteiger partial charge in [0.05, 0.1) is 18.2 Å². The number of aromatic nitrogens is 3. The van der Waals surface area contributed by atoms with Crippen molar-refractivity contribution >= 4 is 22.4 Å². The van der Waals surface area contributed by atoms with Crippen molar-refractivity contribution in [2.24, 2.45) is 0 Å². The Morgan fingerprint density at radius 2 is 1.79 bits per heavy atom. The highest BCUT2D eigenvalue weighted by molar-refractivity contribution is 7.15. The lowest BCUT2D eigenvalue weighted by molar-refractivity contribution is 0.317. The summed E-state index contributed by atoms with van der Waals surface area (Å²) in [4.78, 5) is 17.8. The lowest BCUT2D eigenvalue weighted by Gasteiger charge is -2.04. The Labute approximate surface area is 165 Å². The lowest BCUT2D eigenvalue weighted by Crippen LogP contribution is -2.23. The molecule has 2 aromatic carbocycles. The van der Waals surface area contributed by atoms with Gasteiger partial charge in [-0.15, -0.1) is 5.10 Å². The number of rotatable bonds is 6. The second kappa shape index (κ2) is 7.82. The molecular weight excluding hydrogens is 374 g/mol. The summed E-state index contributed by atoms with van der Waals surface area (Å²) in [7, 11) is 1.62. The van der Waals surface area contributed by atoms with Crippen molar-refractivity contribution in [3.8, 4) is 22.9 Å². The molecule has 0 fully saturated rings. The average Bonchev–Trinajstić information content (AvgIpc) is 3.27. The summed E-state index contributed by atoms with van der Waals surface area (Å²) < 4.78 is 12.7. The zero-order valence-electron chi connectivity index (χ0n) is 15.6. The number of hydrogen-bond donors (Lipinski definition) is 0. The highest BCUT2D eigenvalue weighted by Gasteiger charge is 2.12. The Kier molecular flexibility index (Phi) is 5.08. The molecule has 0 spiro atoms. The number of thiazole rings is 1. The molecule has 2 aromatic heterocycles. The molecule has 7 heteroatoms. The van der Waals surface area contributed by atoms with Crippen LogP contribution in [0, 0.1) is 0 Å². The van der Waals surface area contributed by atoms with E-state index in [1.165, 1.54) is 15.9 Å². The van der Waals surface area contributed by atoms with Crippen molar-refractivity contribution in [2.45, 2.75) is 13.3 Å². The number of fused-ring (bicyclic) bond motifs is 1. The summed E-state index contributed by atoms with van der Waals surface area (Å²) in [6.07, 6.45) is 2.80. The van der Waals surface area contributed by atoms with Crippen LogP contribution < -0.4 is 19.6 Å². The summed E-state index contributed by atoms with van der Waals surface area (Å²) in [5.74, 6) is 2.12. The van der Waals surface area contributed by atoms with E-state index in [0.717, 1.165) is 29.0 Å². The van der Waals surface area contributed by atoms with Crippen molar-refractivity contribution in [3.63, 3.8) is 0 Å². The second-order valence-electron chi connectivity index (χ2n) is 6.19. The summed E-state index contributed by atoms with van der Waals surface area (Å²) in [5, 5.41) is 4.39. The third-order valence-corrected chi connectivity index (χ3v) is 5.14. The van der Waals surface area contributed by atoms with Crippen LogP contribution in [0.1, 0.15) is 18.9 Å². The SMILES string of the molecule is CCCOc1ccc(-c2nc3s/c(=C/c4ccc(OC)cc4)c(=O)n3n2)cc1. The quantitative estimate of drug-likeness (QED) is 0.503. The molecule has 28 heavy (non-hydrogen) atoms. The summed E-state index contributed by atoms with van der Waals surface area (Å²) in [6.45, 7) is 2.75. The molecule has 0 aliphatic rings. The van der Waals surface area contributed by atoms with Gasteiger partial charge in [0.1, 0.15) is 11.5 Å². The van der Waals surface area contributed by atoms with Crippen molar-refractivity contribution < 1.29 is 9.47 Å². The third-order valence-electron chi connectivity index (χ3n) is 4.18. The molecule has 0 bridgehead atoms. The minimum atomic E-state index is -0.169. The molecule has 0 saturated heterocycles. The van der Waals surface area contributed by atoms with Gasteiger partial charge in [0.15, 0.2) is 5.82 Å². The fourth-order valence-corrected chi connectivity index (χ4v) is 3.64. The van der Waals surface area contributed by atoms with E-state index in [1.807, 2.05) is 54.6 Å². The van der Waals surface area contributed by atoms with E-state index in [-0.39, 0.29) is 5.56 Å². The first-order chi connectivity index (χ1) is 13.7. The zero-order valence-corrected chi connectivity index (χ0v) is 16.4. The normalized spacial score (nSPS) is 11.9. The molecule has 4 rings (SSSR count). The number of methoxy groups -OCH3 is 1. The van der Waals surface area contributed by atoms with Gasteiger partial charge in [-0.05, 0) is 54.5 Å². The van der Waals surface area contributed by atoms with Crippen LogP contribution >= 0.6 is 11.3 Å². The highest BCUT2D eigenvalue weighted by atomic mass is 32.1. The molecule has 0 aliphatic carbocycles. The molecule has 0 unspecified atom stereocenters. The zero-order chi connectivity index (χ0) is 19.5. The first-order valence-corrected chi connectivity index (χ1v) is 9.78. The lowest BCUT2D eigenvalue weighted by atomic mass is 10.2. The topological polar surface area (TPSA) is 65.7 Å². The first-order valence-electron chi connectivity index (χ1n) is 8.96. The molecule has 0 amide bonds. The molecule has 0 radical (unpaired) electrons. The standard InChI is InChI=1S/C21H19N3O3S/c1-3-12-27-17-10-6-15(7-11-17)19-22-21-24(23-19)20(25)18(28-21)13-14-4-8-16(26-2)9-5-14/h4-11,13H,3,12H2,1-2H3/b18-13+. The van der Waals surface area contributed by atoms with Gasteiger partial charge in [-0.2, -0.15) is 9.50 Å². The number of hydrogen-bond acceptors (Lipinski definition) is 6. The highest BCUT2D eigenvalue weighted by Crippen LogP contribution is 2.20. The van der Waals surface area contributed by atoms with Gasteiger partial charge >= 0.3 is 0 Å². The van der Waals surface area contributed by atoms with Crippen LogP contribution in [0.5, 0.6) is 11.5 Å². The van der Waals surface area contributed by atoms with Crippen LogP contribution in [0.2, 0.25) is 0 Å². The van der Waals surface area contributed by atoms with Crippen molar-refractivity contribution in [1.29, 1.82) is 0 Å². The van der Waals surface area contributed by atoms with Gasteiger partial charge < -0.3 is 9.47 Å². The third kappa shape index (κ3) is 3.61. The predicted molar refractivity (Wildman–Crippen MR) is 110 cm³/mol. The van der Waals surface area contributed by atoms with Crippen molar-refractivity contribution in [1.82, 2.24) is 14.6 Å². The van der Waals surface area contributed by atoms with E-state index in [2.05, 4.69) is 17.0 Å². The van der Waals surface area contributed by atoms with Crippen LogP contribution in [0.25, 0.3) is 22.4 Å². The Hall–Kier alpha value is -3.19. The van der Waals surface area contributed by atoms with E-state index >= 15 is 0 Å². The maximum absolute atomic E-state index is 12.7. The first kappa shape index (κ1) is 18.2. The second-order valence-corrected chi connectivity index (χ2v) is 7.20. The van der Waals surface area contributed by atoms with Gasteiger partial charge in [-0.1, -0.05) is 30.4 Å². The molecule has 4 aromatic rings. The minimum absolute atomic E-state index is 0.169. The Balaban J connectivity index is 1.64. The molecule has 0 saturated carbocycles. The van der Waals surface area contributed by atoms with Crippen LogP contribution in [0.15, 0.2) is 53.3 Å². The van der Waals surface area contributed by atoms with Gasteiger partial charge in [0.2, 0.25) is 4.96 Å². The van der Waals surface area contributed by atoms with Gasteiger partial charge in [-0.25, -0.2) is 0 Å². The van der Waals surface area contributed by atoms with E-state index in [0.29, 0.717) is 21.9 Å². The predicted octanol–water partition coefficient (Wildman–Crippen LogP) is 3.16. The van der Waals surface area contributed by atoms with E-state index in [4.69, 9.17) is 9.47 Å². The number of benzene rings is 2. The fourth-order valence-electron chi connectivity index (χ4n) is 2.73. The molecule has 0 N–H and O–H groups in total. The smallest absolute Gasteiger partial charge is 0.291 e. The number of nitrogens with zero attached hydrogens (tertiary/aromatic N) is 3. The van der Waals surface area contributed by atoms with Gasteiger partial charge in [0, 0.05) is 5.56 Å². The number of ether oxygens (including phenoxy) is 2. The maximum atomic E-state index is 12.7. The molecule has 2 heterocycles. The average molecular weight is 393 g/mol. The van der Waals surface area contributed by atoms with E-state index in [1.54, 1.807) is 7.11 Å². The molecule has 0 aliphatic heterocycles. The van der Waals surface area contributed by atoms with Gasteiger partial charge in [0.25, 0.3) is 5.56 Å². The van der Waals surface area contributed by atoms with E-state index in [9.17, 15) is 4.79 Å². The molecular formula is C21H19N3O3S. The summed E-state index contributed by atoms with van der Waals surface area (Å²) >= 11 is 1.32. The fraction of sp³-hybridized carbons (Fsp3) is 0.190. The molecule has 0 atom stereocenters. The minimum Gasteiger partial charge on any atom is -0.497 e. The van der Waals surface area contributed by atoms with Crippen LogP contribution in [0.3, 0.4) is 0 Å². The Morgan fingerprint density at radius 1 is 1.07 bits per heavy atom. The Morgan fingerprint density at radius 3 is 2.43 bits per heavy atom. The van der Waals surface area contributed by atoms with E-state index < -0.39 is 0 Å². The van der Waals surface area contributed by atoms with Crippen molar-refractivity contribution in [3.05, 3.63) is 69.0 Å². The van der Waals surface area contributed by atoms with Crippen LogP contribution in [0.4, 0.5) is 0 Å². The van der Waals surface area contributed by atoms with Gasteiger partial charge in [-0.3, -0.25) is 4.79 Å².